The number of unbranched alkanes of at least 4 members (excludes halogenated alkanes) is 2. The molecular weight excluding hydrogens is 1150 g/mol. The zero-order chi connectivity index (χ0) is 63.5. The number of epoxide rings is 1. The van der Waals surface area contributed by atoms with Crippen molar-refractivity contribution in [1.29, 1.82) is 0 Å². The molecule has 10 atom stereocenters. The molecule has 7 N–H and O–H groups in total. The highest BCUT2D eigenvalue weighted by Crippen LogP contribution is 2.49. The summed E-state index contributed by atoms with van der Waals surface area (Å²) in [7, 11) is 4.43. The molecule has 2 fully saturated rings. The smallest absolute Gasteiger partial charge is 0.409 e. The fourth-order valence-electron chi connectivity index (χ4n) is 11.0. The van der Waals surface area contributed by atoms with Crippen molar-refractivity contribution in [1.82, 2.24) is 31.1 Å². The average Bonchev–Trinajstić information content (AvgIpc) is 1.64. The van der Waals surface area contributed by atoms with Crippen LogP contribution >= 0.6 is 23.8 Å². The number of Topliss-reactive ketones (excluding diaryl/α,β-unsaturated/α-hetero) is 1. The molecule has 0 aliphatic carbocycles. The van der Waals surface area contributed by atoms with Crippen molar-refractivity contribution in [2.24, 2.45) is 17.6 Å². The standard InChI is InChI=1S/C62H83ClN8O14S/c1-34(2)54(67-49(86)20-13-12-14-26-71-50(73)23-24-51(71)74)56(76)66-43(18-16-25-65-59(64)79)45(72)31-41-21-22-42(29-36(41)4)57(77)69(9)39(7)58(78)84-48-32-52(75)70(10)44-30-40(28-37(5)53(44)63)27-35(3)17-15-19-47(82-11)62(81)33-46(83-60(80)68-62)38(6)55-61(48,8)85-55/h15,17,19,21-24,28-30,34,38-39,43,46-48,54-55,81H,12-14,16,18,20,25-27,31-33H2,1-11H3,(H,66,76)(H,67,86)(H,68,80)(H3,64,65,79)/b19-15+,35-17+/t38-,39+,43+,46+,47-,48+,54+,55+,61+,62+/m1/s1. The number of allylic oxidation sites excluding steroid dienone is 3. The van der Waals surface area contributed by atoms with E-state index in [9.17, 15) is 48.3 Å². The number of ether oxygens (including phenoxy) is 4. The summed E-state index contributed by atoms with van der Waals surface area (Å²) >= 11 is 12.5. The molecule has 4 heterocycles. The predicted molar refractivity (Wildman–Crippen MR) is 326 cm³/mol. The molecule has 4 bridgehead atoms. The molecule has 0 radical (unpaired) electrons. The number of hydrogen-bond donors (Lipinski definition) is 6. The number of alkyl carbamates (subject to hydrolysis) is 1. The number of nitrogens with zero attached hydrogens (tertiary/aromatic N) is 3. The van der Waals surface area contributed by atoms with Gasteiger partial charge in [0.25, 0.3) is 17.7 Å². The fraction of sp³-hybridized carbons (Fsp3) is 0.548. The second kappa shape index (κ2) is 29.6. The number of methoxy groups -OCH3 is 1. The number of esters is 1. The van der Waals surface area contributed by atoms with Crippen LogP contribution in [0.5, 0.6) is 0 Å². The molecule has 24 heteroatoms. The molecule has 0 saturated carbocycles. The second-order valence-electron chi connectivity index (χ2n) is 23.5. The topological polar surface area (TPSA) is 298 Å². The number of amides is 8. The lowest BCUT2D eigenvalue weighted by Crippen LogP contribution is -2.63. The molecule has 86 heavy (non-hydrogen) atoms. The summed E-state index contributed by atoms with van der Waals surface area (Å²) in [5.41, 5.74) is 6.35. The highest BCUT2D eigenvalue weighted by molar-refractivity contribution is 7.80. The van der Waals surface area contributed by atoms with E-state index in [-0.39, 0.29) is 61.3 Å². The number of likely N-dealkylation sites (N-methyl/N-ethyl adjacent to an activating group) is 1. The van der Waals surface area contributed by atoms with Gasteiger partial charge in [-0.1, -0.05) is 86.9 Å². The maximum absolute atomic E-state index is 14.5. The third-order valence-corrected chi connectivity index (χ3v) is 17.3. The number of primary amides is 1. The van der Waals surface area contributed by atoms with Gasteiger partial charge >= 0.3 is 18.1 Å². The van der Waals surface area contributed by atoms with Gasteiger partial charge in [0.05, 0.1) is 34.3 Å². The molecule has 0 unspecified atom stereocenters. The number of aliphatic hydroxyl groups is 1. The molecule has 2 aromatic rings. The fourth-order valence-corrected chi connectivity index (χ4v) is 11.5. The number of anilines is 1. The number of hydrogen-bond acceptors (Lipinski definition) is 15. The Morgan fingerprint density at radius 2 is 1.69 bits per heavy atom. The van der Waals surface area contributed by atoms with Crippen LogP contribution in [0.2, 0.25) is 5.02 Å². The molecule has 468 valence electrons. The minimum Gasteiger partial charge on any atom is -0.457 e. The van der Waals surface area contributed by atoms with Crippen LogP contribution in [0, 0.1) is 25.7 Å². The van der Waals surface area contributed by atoms with E-state index in [0.717, 1.165) is 16.7 Å². The maximum atomic E-state index is 14.5. The third-order valence-electron chi connectivity index (χ3n) is 16.5. The summed E-state index contributed by atoms with van der Waals surface area (Å²) in [5.74, 6) is -4.20. The van der Waals surface area contributed by atoms with E-state index in [4.69, 9.17) is 48.5 Å². The minimum absolute atomic E-state index is 0.110. The SMILES string of the molecule is CO[C@@H]1/C=C/C=C(\C)Cc2cc(C)c(Cl)c(c2)N(C)C(=O)C[C@H](OC(=O)[C@H](C)N(C)C(=O)c2ccc(CC(=O)[C@H](CCCNC(N)=O)NC(=O)[C@@H](NC(=S)CCCCCN3C(=O)C=CC3=O)C(C)C)c(C)c2)[C@]2(C)O[C@H]2[C@H](C)[C@@H]2C[C@@]1(O)NC(=O)O2. The zero-order valence-electron chi connectivity index (χ0n) is 50.9. The molecule has 4 aliphatic rings. The number of rotatable bonds is 22. The van der Waals surface area contributed by atoms with Crippen molar-refractivity contribution in [3.63, 3.8) is 0 Å². The van der Waals surface area contributed by atoms with Crippen molar-refractivity contribution in [2.45, 2.75) is 173 Å². The van der Waals surface area contributed by atoms with Gasteiger partial charge in [-0.05, 0) is 120 Å². The van der Waals surface area contributed by atoms with Crippen LogP contribution < -0.4 is 31.9 Å². The monoisotopic (exact) mass is 1230 g/mol. The van der Waals surface area contributed by atoms with Gasteiger partial charge in [0.15, 0.2) is 11.5 Å². The van der Waals surface area contributed by atoms with Crippen LogP contribution in [0.25, 0.3) is 0 Å². The highest BCUT2D eigenvalue weighted by atomic mass is 35.5. The first-order valence-electron chi connectivity index (χ1n) is 29.1. The number of thiocarbonyl (C=S) groups is 1. The van der Waals surface area contributed by atoms with E-state index in [1.807, 2.05) is 45.9 Å². The number of aryl methyl sites for hydroxylation is 2. The van der Waals surface area contributed by atoms with Gasteiger partial charge in [0.1, 0.15) is 36.0 Å². The Hall–Kier alpha value is -7.05. The molecule has 0 spiro atoms. The van der Waals surface area contributed by atoms with Gasteiger partial charge in [-0.3, -0.25) is 39.0 Å². The zero-order valence-corrected chi connectivity index (χ0v) is 52.5. The van der Waals surface area contributed by atoms with Crippen LogP contribution in [0.1, 0.15) is 126 Å². The molecule has 0 aromatic heterocycles. The Bertz CT molecular complexity index is 3020. The number of urea groups is 1. The Balaban J connectivity index is 1.15. The van der Waals surface area contributed by atoms with Gasteiger partial charge in [0.2, 0.25) is 11.8 Å². The van der Waals surface area contributed by atoms with Crippen molar-refractivity contribution >= 4 is 87.9 Å². The van der Waals surface area contributed by atoms with Crippen molar-refractivity contribution in [3.05, 3.63) is 99.1 Å². The van der Waals surface area contributed by atoms with Gasteiger partial charge in [-0.25, -0.2) is 14.4 Å². The Morgan fingerprint density at radius 3 is 2.34 bits per heavy atom. The molecule has 4 aliphatic heterocycles. The lowest BCUT2D eigenvalue weighted by molar-refractivity contribution is -0.158. The number of carbonyl (C=O) groups is 9. The maximum Gasteiger partial charge on any atom is 0.409 e. The summed E-state index contributed by atoms with van der Waals surface area (Å²) < 4.78 is 24.0. The van der Waals surface area contributed by atoms with Crippen molar-refractivity contribution in [3.8, 4) is 0 Å². The summed E-state index contributed by atoms with van der Waals surface area (Å²) in [4.78, 5) is 124. The van der Waals surface area contributed by atoms with Crippen LogP contribution in [0.4, 0.5) is 15.3 Å². The summed E-state index contributed by atoms with van der Waals surface area (Å²) in [5, 5.41) is 23.4. The first-order valence-corrected chi connectivity index (χ1v) is 29.8. The second-order valence-corrected chi connectivity index (χ2v) is 24.3. The first kappa shape index (κ1) is 68.1. The number of benzene rings is 2. The van der Waals surface area contributed by atoms with Gasteiger partial charge in [0, 0.05) is 70.8 Å². The van der Waals surface area contributed by atoms with Crippen LogP contribution in [0.15, 0.2) is 66.3 Å². The van der Waals surface area contributed by atoms with E-state index in [0.29, 0.717) is 71.9 Å². The number of nitrogens with one attached hydrogen (secondary N) is 4. The lowest BCUT2D eigenvalue weighted by atomic mass is 9.83. The number of nitrogens with two attached hydrogens (primary N) is 1. The Morgan fingerprint density at radius 1 is 0.988 bits per heavy atom. The number of fused-ring (bicyclic) bond motifs is 5. The number of ketones is 1. The summed E-state index contributed by atoms with van der Waals surface area (Å²) in [6.45, 7) is 14.6. The molecular formula is C62H83ClN8O14S. The van der Waals surface area contributed by atoms with Crippen molar-refractivity contribution in [2.75, 3.05) is 39.2 Å². The molecule has 6 rings (SSSR count). The van der Waals surface area contributed by atoms with Crippen molar-refractivity contribution < 1.29 is 67.2 Å². The summed E-state index contributed by atoms with van der Waals surface area (Å²) in [6.07, 6.45) is 5.62. The number of halogens is 1. The quantitative estimate of drug-likeness (QED) is 0.0263. The molecule has 22 nitrogen and oxygen atoms in total. The van der Waals surface area contributed by atoms with E-state index in [1.54, 1.807) is 52.1 Å². The van der Waals surface area contributed by atoms with Crippen LogP contribution in [0.3, 0.4) is 0 Å². The molecule has 2 aromatic carbocycles. The largest absolute Gasteiger partial charge is 0.457 e. The Labute approximate surface area is 513 Å². The highest BCUT2D eigenvalue weighted by Gasteiger charge is 2.64. The van der Waals surface area contributed by atoms with Crippen LogP contribution in [-0.2, 0) is 60.6 Å². The minimum atomic E-state index is -1.89. The first-order chi connectivity index (χ1) is 40.5. The van der Waals surface area contributed by atoms with Crippen LogP contribution in [-0.4, -0.2) is 161 Å². The normalized spacial score (nSPS) is 25.1. The lowest BCUT2D eigenvalue weighted by Gasteiger charge is -2.42. The molecule has 2 saturated heterocycles. The Kier molecular flexibility index (Phi) is 23.4. The van der Waals surface area contributed by atoms with Gasteiger partial charge in [-0.2, -0.15) is 0 Å². The van der Waals surface area contributed by atoms with Gasteiger partial charge < -0.3 is 55.5 Å². The predicted octanol–water partition coefficient (Wildman–Crippen LogP) is 5.91. The van der Waals surface area contributed by atoms with E-state index in [1.165, 1.54) is 54.0 Å². The average molecular weight is 1230 g/mol. The van der Waals surface area contributed by atoms with E-state index < -0.39 is 95.6 Å². The number of imide groups is 1. The third kappa shape index (κ3) is 17.1. The van der Waals surface area contributed by atoms with E-state index in [2.05, 4.69) is 21.3 Å². The van der Waals surface area contributed by atoms with Gasteiger partial charge in [-0.15, -0.1) is 0 Å². The summed E-state index contributed by atoms with van der Waals surface area (Å²) in [6, 6.07) is 4.77. The molecule has 8 amide bonds. The number of carbonyl (C=O) groups excluding carboxylic acids is 9. The van der Waals surface area contributed by atoms with E-state index >= 15 is 0 Å².